The van der Waals surface area contributed by atoms with Crippen LogP contribution in [-0.2, 0) is 25.0 Å². The molecule has 3 aromatic carbocycles. The first-order chi connectivity index (χ1) is 19.4. The number of carbonyl (C=O) groups excluding carboxylic acids is 2. The summed E-state index contributed by atoms with van der Waals surface area (Å²) in [5.74, 6) is -0.909. The van der Waals surface area contributed by atoms with Gasteiger partial charge in [-0.2, -0.15) is 0 Å². The second kappa shape index (κ2) is 13.7. The second-order valence-corrected chi connectivity index (χ2v) is 12.7. The van der Waals surface area contributed by atoms with Gasteiger partial charge in [0.05, 0.1) is 38.0 Å². The number of carbonyl (C=O) groups is 2. The van der Waals surface area contributed by atoms with Gasteiger partial charge in [-0.1, -0.05) is 45.0 Å². The first kappa shape index (κ1) is 33.1. The number of sulfonamides is 1. The number of hydrogen-bond acceptors (Lipinski definition) is 8. The molecule has 1 amide bonds. The number of nitrogens with zero attached hydrogens (tertiary/aromatic N) is 1. The first-order valence-corrected chi connectivity index (χ1v) is 15.3. The molecule has 0 radical (unpaired) electrons. The molecule has 1 saturated heterocycles. The lowest BCUT2D eigenvalue weighted by Gasteiger charge is -2.26. The minimum Gasteiger partial charge on any atom is -0.492 e. The van der Waals surface area contributed by atoms with Crippen LogP contribution in [0.25, 0.3) is 10.8 Å². The molecule has 0 unspecified atom stereocenters. The van der Waals surface area contributed by atoms with Crippen LogP contribution in [0.15, 0.2) is 48.5 Å². The van der Waals surface area contributed by atoms with E-state index in [1.54, 1.807) is 36.4 Å². The third-order valence-corrected chi connectivity index (χ3v) is 7.40. The lowest BCUT2D eigenvalue weighted by molar-refractivity contribution is -0.112. The van der Waals surface area contributed by atoms with Crippen LogP contribution in [0.5, 0.6) is 11.5 Å². The van der Waals surface area contributed by atoms with Gasteiger partial charge in [-0.3, -0.25) is 19.2 Å². The number of amides is 1. The number of anilines is 2. The number of rotatable bonds is 10. The fourth-order valence-electron chi connectivity index (χ4n) is 4.66. The van der Waals surface area contributed by atoms with Crippen LogP contribution < -0.4 is 19.5 Å². The van der Waals surface area contributed by atoms with E-state index in [0.29, 0.717) is 31.0 Å². The van der Waals surface area contributed by atoms with Crippen molar-refractivity contribution in [2.24, 2.45) is 0 Å². The molecule has 1 heterocycles. The predicted octanol–water partition coefficient (Wildman–Crippen LogP) is 4.47. The third-order valence-electron chi connectivity index (χ3n) is 6.81. The van der Waals surface area contributed by atoms with Gasteiger partial charge in [0.2, 0.25) is 10.0 Å². The monoisotopic (exact) mass is 619 g/mol. The Hall–Kier alpha value is -3.38. The Labute approximate surface area is 253 Å². The van der Waals surface area contributed by atoms with Gasteiger partial charge in [0.1, 0.15) is 12.4 Å². The average molecular weight is 620 g/mol. The summed E-state index contributed by atoms with van der Waals surface area (Å²) in [5.41, 5.74) is 0.901. The number of ether oxygens (including phenoxy) is 3. The van der Waals surface area contributed by atoms with E-state index in [1.807, 2.05) is 32.9 Å². The molecule has 10 nitrogen and oxygen atoms in total. The van der Waals surface area contributed by atoms with Crippen molar-refractivity contribution in [1.82, 2.24) is 4.90 Å². The summed E-state index contributed by atoms with van der Waals surface area (Å²) in [6, 6.07) is 13.9. The van der Waals surface area contributed by atoms with Crippen molar-refractivity contribution < 1.29 is 32.2 Å². The lowest BCUT2D eigenvalue weighted by Crippen LogP contribution is -2.38. The lowest BCUT2D eigenvalue weighted by atomic mass is 9.86. The van der Waals surface area contributed by atoms with Gasteiger partial charge in [0.25, 0.3) is 11.7 Å². The zero-order chi connectivity index (χ0) is 29.8. The highest BCUT2D eigenvalue weighted by atomic mass is 35.5. The number of ketones is 1. The van der Waals surface area contributed by atoms with E-state index in [2.05, 4.69) is 14.9 Å². The second-order valence-electron chi connectivity index (χ2n) is 11.0. The van der Waals surface area contributed by atoms with Crippen molar-refractivity contribution in [3.8, 4) is 11.5 Å². The topological polar surface area (TPSA) is 123 Å². The van der Waals surface area contributed by atoms with Gasteiger partial charge >= 0.3 is 0 Å². The third kappa shape index (κ3) is 8.13. The van der Waals surface area contributed by atoms with Crippen LogP contribution in [0, 0.1) is 0 Å². The summed E-state index contributed by atoms with van der Waals surface area (Å²) >= 11 is 0. The number of nitrogens with one attached hydrogen (secondary N) is 2. The highest BCUT2D eigenvalue weighted by Gasteiger charge is 2.25. The van der Waals surface area contributed by atoms with E-state index < -0.39 is 27.1 Å². The van der Waals surface area contributed by atoms with E-state index in [0.717, 1.165) is 36.8 Å². The fourth-order valence-corrected chi connectivity index (χ4v) is 5.21. The molecule has 0 aromatic heterocycles. The highest BCUT2D eigenvalue weighted by Crippen LogP contribution is 2.39. The Morgan fingerprint density at radius 3 is 2.26 bits per heavy atom. The van der Waals surface area contributed by atoms with E-state index in [1.165, 1.54) is 7.11 Å². The number of fused-ring (bicyclic) bond motifs is 1. The minimum atomic E-state index is -3.65. The van der Waals surface area contributed by atoms with Crippen LogP contribution in [-0.4, -0.2) is 77.8 Å². The SMILES string of the molecule is COc1c(NC(=O)C(=O)c2ccc(OCCN3CCOCC3)c3ccccc23)cc(C(C)(C)C)cc1NS(C)(=O)=O.Cl. The van der Waals surface area contributed by atoms with E-state index >= 15 is 0 Å². The molecule has 42 heavy (non-hydrogen) atoms. The summed E-state index contributed by atoms with van der Waals surface area (Å²) in [6.45, 7) is 10.2. The largest absolute Gasteiger partial charge is 0.492 e. The molecular weight excluding hydrogens is 582 g/mol. The molecule has 0 atom stereocenters. The van der Waals surface area contributed by atoms with Crippen LogP contribution in [0.4, 0.5) is 11.4 Å². The van der Waals surface area contributed by atoms with Crippen molar-refractivity contribution in [3.05, 3.63) is 59.7 Å². The molecule has 12 heteroatoms. The Morgan fingerprint density at radius 1 is 1.00 bits per heavy atom. The first-order valence-electron chi connectivity index (χ1n) is 13.4. The van der Waals surface area contributed by atoms with Crippen molar-refractivity contribution >= 4 is 56.3 Å². The van der Waals surface area contributed by atoms with Gasteiger partial charge in [-0.15, -0.1) is 12.4 Å². The Balaban J connectivity index is 0.00000484. The maximum absolute atomic E-state index is 13.5. The van der Waals surface area contributed by atoms with E-state index in [-0.39, 0.29) is 35.1 Å². The molecule has 228 valence electrons. The van der Waals surface area contributed by atoms with Gasteiger partial charge in [-0.25, -0.2) is 8.42 Å². The standard InChI is InChI=1S/C30H37N3O7S.ClH/c1-30(2,3)20-18-24(28(38-4)25(19-20)32-41(5,36)37)31-29(35)27(34)23-10-11-26(22-9-7-6-8-21(22)23)40-17-14-33-12-15-39-16-13-33;/h6-11,18-19,32H,12-17H2,1-5H3,(H,31,35);1H. The molecule has 1 fully saturated rings. The zero-order valence-electron chi connectivity index (χ0n) is 24.5. The van der Waals surface area contributed by atoms with Crippen LogP contribution in [0.2, 0.25) is 0 Å². The average Bonchev–Trinajstić information content (AvgIpc) is 2.92. The van der Waals surface area contributed by atoms with Crippen molar-refractivity contribution in [1.29, 1.82) is 0 Å². The number of halogens is 1. The molecule has 0 spiro atoms. The Kier molecular flexibility index (Phi) is 10.8. The van der Waals surface area contributed by atoms with Crippen LogP contribution in [0.1, 0.15) is 36.7 Å². The molecular formula is C30H38ClN3O7S. The quantitative estimate of drug-likeness (QED) is 0.252. The molecule has 1 aliphatic heterocycles. The summed E-state index contributed by atoms with van der Waals surface area (Å²) in [6.07, 6.45) is 1.03. The van der Waals surface area contributed by atoms with Gasteiger partial charge in [0, 0.05) is 30.6 Å². The van der Waals surface area contributed by atoms with Gasteiger partial charge in [-0.05, 0) is 40.6 Å². The smallest absolute Gasteiger partial charge is 0.296 e. The number of methoxy groups -OCH3 is 1. The summed E-state index contributed by atoms with van der Waals surface area (Å²) in [7, 11) is -2.28. The molecule has 2 N–H and O–H groups in total. The maximum Gasteiger partial charge on any atom is 0.296 e. The predicted molar refractivity (Wildman–Crippen MR) is 167 cm³/mol. The molecule has 0 saturated carbocycles. The number of Topliss-reactive ketones (excluding diaryl/α,β-unsaturated/α-hetero) is 1. The summed E-state index contributed by atoms with van der Waals surface area (Å²) < 4.78 is 43.4. The zero-order valence-corrected chi connectivity index (χ0v) is 26.1. The molecule has 4 rings (SSSR count). The van der Waals surface area contributed by atoms with Crippen LogP contribution in [0.3, 0.4) is 0 Å². The summed E-state index contributed by atoms with van der Waals surface area (Å²) in [4.78, 5) is 29.1. The molecule has 0 aliphatic carbocycles. The number of hydrogen-bond donors (Lipinski definition) is 2. The minimum absolute atomic E-state index is 0. The van der Waals surface area contributed by atoms with Gasteiger partial charge in [0.15, 0.2) is 5.75 Å². The van der Waals surface area contributed by atoms with Crippen LogP contribution >= 0.6 is 12.4 Å². The van der Waals surface area contributed by atoms with Crippen molar-refractivity contribution in [3.63, 3.8) is 0 Å². The Morgan fingerprint density at radius 2 is 1.64 bits per heavy atom. The fraction of sp³-hybridized carbons (Fsp3) is 0.400. The van der Waals surface area contributed by atoms with E-state index in [4.69, 9.17) is 14.2 Å². The van der Waals surface area contributed by atoms with Crippen molar-refractivity contribution in [2.45, 2.75) is 26.2 Å². The molecule has 3 aromatic rings. The number of benzene rings is 3. The Bertz CT molecular complexity index is 1550. The normalized spacial score (nSPS) is 14.1. The molecule has 1 aliphatic rings. The number of morpholine rings is 1. The van der Waals surface area contributed by atoms with Gasteiger partial charge < -0.3 is 19.5 Å². The molecule has 0 bridgehead atoms. The highest BCUT2D eigenvalue weighted by molar-refractivity contribution is 7.92. The maximum atomic E-state index is 13.5. The van der Waals surface area contributed by atoms with Crippen molar-refractivity contribution in [2.75, 3.05) is 62.9 Å². The summed E-state index contributed by atoms with van der Waals surface area (Å²) in [5, 5.41) is 3.96. The van der Waals surface area contributed by atoms with E-state index in [9.17, 15) is 18.0 Å².